The molecule has 138 valence electrons. The Kier molecular flexibility index (Phi) is 4.03. The third-order valence-corrected chi connectivity index (χ3v) is 5.88. The number of fused-ring (bicyclic) bond motifs is 2. The van der Waals surface area contributed by atoms with E-state index in [2.05, 4.69) is 32.0 Å². The summed E-state index contributed by atoms with van der Waals surface area (Å²) in [6.07, 6.45) is 13.6. The monoisotopic (exact) mass is 361 g/mol. The van der Waals surface area contributed by atoms with Crippen LogP contribution in [0.2, 0.25) is 0 Å². The summed E-state index contributed by atoms with van der Waals surface area (Å²) in [7, 11) is 0. The molecule has 2 aliphatic carbocycles. The zero-order chi connectivity index (χ0) is 18.2. The Labute approximate surface area is 158 Å². The summed E-state index contributed by atoms with van der Waals surface area (Å²) in [5.74, 6) is 1.55. The highest BCUT2D eigenvalue weighted by Gasteiger charge is 2.24. The van der Waals surface area contributed by atoms with E-state index in [4.69, 9.17) is 10.2 Å². The molecule has 2 aromatic heterocycles. The van der Waals surface area contributed by atoms with Crippen molar-refractivity contribution in [3.63, 3.8) is 0 Å². The van der Waals surface area contributed by atoms with Gasteiger partial charge in [-0.3, -0.25) is 9.38 Å². The first-order valence-corrected chi connectivity index (χ1v) is 9.76. The average molecular weight is 361 g/mol. The summed E-state index contributed by atoms with van der Waals surface area (Å²) in [5.41, 5.74) is 6.14. The Bertz CT molecular complexity index is 1020. The smallest absolute Gasteiger partial charge is 0.157 e. The molecule has 0 radical (unpaired) electrons. The van der Waals surface area contributed by atoms with E-state index < -0.39 is 0 Å². The van der Waals surface area contributed by atoms with Gasteiger partial charge in [0.1, 0.15) is 5.82 Å². The van der Waals surface area contributed by atoms with Crippen molar-refractivity contribution in [1.29, 1.82) is 0 Å². The third-order valence-electron chi connectivity index (χ3n) is 5.88. The van der Waals surface area contributed by atoms with Crippen LogP contribution >= 0.6 is 0 Å². The van der Waals surface area contributed by atoms with Gasteiger partial charge in [-0.05, 0) is 43.4 Å². The lowest BCUT2D eigenvalue weighted by molar-refractivity contribution is 0.318. The molecular formula is C21H23N5O. The lowest BCUT2D eigenvalue weighted by atomic mass is 9.87. The molecule has 2 aliphatic rings. The van der Waals surface area contributed by atoms with Gasteiger partial charge < -0.3 is 10.5 Å². The number of nitrogens with zero attached hydrogens (tertiary/aromatic N) is 4. The minimum absolute atomic E-state index is 0.503. The van der Waals surface area contributed by atoms with Crippen molar-refractivity contribution in [2.75, 3.05) is 5.32 Å². The molecule has 0 amide bonds. The number of aromatic nitrogens is 3. The second-order valence-corrected chi connectivity index (χ2v) is 7.53. The van der Waals surface area contributed by atoms with Crippen LogP contribution in [0.3, 0.4) is 0 Å². The minimum Gasteiger partial charge on any atom is -0.411 e. The number of imidazole rings is 1. The summed E-state index contributed by atoms with van der Waals surface area (Å²) in [6, 6.07) is 6.27. The maximum Gasteiger partial charge on any atom is 0.157 e. The maximum atomic E-state index is 9.14. The van der Waals surface area contributed by atoms with E-state index >= 15 is 0 Å². The first-order chi connectivity index (χ1) is 13.3. The van der Waals surface area contributed by atoms with Gasteiger partial charge in [0.15, 0.2) is 5.65 Å². The molecule has 5 rings (SSSR count). The van der Waals surface area contributed by atoms with E-state index in [0.29, 0.717) is 5.92 Å². The van der Waals surface area contributed by atoms with Crippen molar-refractivity contribution in [2.45, 2.75) is 50.9 Å². The molecule has 0 saturated heterocycles. The van der Waals surface area contributed by atoms with Gasteiger partial charge in [0.2, 0.25) is 0 Å². The Hall–Kier alpha value is -2.89. The van der Waals surface area contributed by atoms with Crippen LogP contribution in [0.4, 0.5) is 11.5 Å². The molecule has 6 heteroatoms. The topological polar surface area (TPSA) is 74.8 Å². The molecular weight excluding hydrogens is 338 g/mol. The Morgan fingerprint density at radius 3 is 2.89 bits per heavy atom. The van der Waals surface area contributed by atoms with Crippen molar-refractivity contribution in [2.24, 2.45) is 5.16 Å². The van der Waals surface area contributed by atoms with Crippen LogP contribution in [-0.2, 0) is 6.42 Å². The number of rotatable bonds is 3. The number of anilines is 2. The highest BCUT2D eigenvalue weighted by molar-refractivity contribution is 6.04. The summed E-state index contributed by atoms with van der Waals surface area (Å²) < 4.78 is 2.10. The van der Waals surface area contributed by atoms with Gasteiger partial charge >= 0.3 is 0 Å². The Morgan fingerprint density at radius 2 is 2.04 bits per heavy atom. The number of oxime groups is 1. The fourth-order valence-electron chi connectivity index (χ4n) is 4.50. The van der Waals surface area contributed by atoms with Crippen LogP contribution in [0, 0.1) is 0 Å². The van der Waals surface area contributed by atoms with E-state index in [9.17, 15) is 0 Å². The van der Waals surface area contributed by atoms with Crippen LogP contribution < -0.4 is 5.32 Å². The first-order valence-electron chi connectivity index (χ1n) is 9.76. The summed E-state index contributed by atoms with van der Waals surface area (Å²) in [6.45, 7) is 0. The molecule has 0 unspecified atom stereocenters. The van der Waals surface area contributed by atoms with E-state index in [1.54, 1.807) is 6.20 Å². The van der Waals surface area contributed by atoms with Crippen molar-refractivity contribution < 1.29 is 5.21 Å². The molecule has 2 N–H and O–H groups in total. The molecule has 1 saturated carbocycles. The average Bonchev–Trinajstić information content (AvgIpc) is 3.30. The largest absolute Gasteiger partial charge is 0.411 e. The van der Waals surface area contributed by atoms with Crippen LogP contribution in [-0.4, -0.2) is 25.3 Å². The molecule has 6 nitrogen and oxygen atoms in total. The number of benzene rings is 1. The third kappa shape index (κ3) is 2.85. The van der Waals surface area contributed by atoms with Gasteiger partial charge in [-0.25, -0.2) is 4.98 Å². The predicted octanol–water partition coefficient (Wildman–Crippen LogP) is 4.65. The quantitative estimate of drug-likeness (QED) is 0.526. The van der Waals surface area contributed by atoms with E-state index in [1.165, 1.54) is 37.7 Å². The lowest BCUT2D eigenvalue weighted by Gasteiger charge is -2.21. The van der Waals surface area contributed by atoms with Gasteiger partial charge in [-0.2, -0.15) is 0 Å². The lowest BCUT2D eigenvalue weighted by Crippen LogP contribution is -2.08. The van der Waals surface area contributed by atoms with Gasteiger partial charge in [0, 0.05) is 29.6 Å². The molecule has 2 heterocycles. The minimum atomic E-state index is 0.503. The van der Waals surface area contributed by atoms with Crippen molar-refractivity contribution in [3.05, 3.63) is 53.6 Å². The van der Waals surface area contributed by atoms with Gasteiger partial charge in [-0.1, -0.05) is 30.5 Å². The zero-order valence-corrected chi connectivity index (χ0v) is 15.2. The summed E-state index contributed by atoms with van der Waals surface area (Å²) >= 11 is 0. The highest BCUT2D eigenvalue weighted by Crippen LogP contribution is 2.37. The fourth-order valence-corrected chi connectivity index (χ4v) is 4.50. The van der Waals surface area contributed by atoms with E-state index in [0.717, 1.165) is 47.0 Å². The summed E-state index contributed by atoms with van der Waals surface area (Å²) in [5, 5.41) is 16.2. The molecule has 0 atom stereocenters. The maximum absolute atomic E-state index is 9.14. The molecule has 0 aliphatic heterocycles. The zero-order valence-electron chi connectivity index (χ0n) is 15.2. The van der Waals surface area contributed by atoms with Crippen LogP contribution in [0.5, 0.6) is 0 Å². The van der Waals surface area contributed by atoms with Crippen LogP contribution in [0.25, 0.3) is 5.65 Å². The fraction of sp³-hybridized carbons (Fsp3) is 0.381. The van der Waals surface area contributed by atoms with Crippen LogP contribution in [0.15, 0.2) is 41.9 Å². The van der Waals surface area contributed by atoms with E-state index in [-0.39, 0.29) is 0 Å². The molecule has 3 aromatic rings. The summed E-state index contributed by atoms with van der Waals surface area (Å²) in [4.78, 5) is 9.15. The number of hydrogen-bond donors (Lipinski definition) is 2. The van der Waals surface area contributed by atoms with E-state index in [1.807, 2.05) is 18.5 Å². The molecule has 0 spiro atoms. The second kappa shape index (κ2) is 6.68. The second-order valence-electron chi connectivity index (χ2n) is 7.53. The van der Waals surface area contributed by atoms with Crippen molar-refractivity contribution >= 4 is 22.9 Å². The molecule has 0 bridgehead atoms. The molecule has 27 heavy (non-hydrogen) atoms. The Morgan fingerprint density at radius 1 is 1.15 bits per heavy atom. The Balaban J connectivity index is 1.54. The predicted molar refractivity (Wildman–Crippen MR) is 105 cm³/mol. The number of aryl methyl sites for hydroxylation is 1. The van der Waals surface area contributed by atoms with Crippen molar-refractivity contribution in [1.82, 2.24) is 14.4 Å². The first kappa shape index (κ1) is 16.3. The number of hydrogen-bond acceptors (Lipinski definition) is 5. The highest BCUT2D eigenvalue weighted by atomic mass is 16.4. The normalized spacial score (nSPS) is 18.9. The van der Waals surface area contributed by atoms with Crippen molar-refractivity contribution in [3.8, 4) is 0 Å². The van der Waals surface area contributed by atoms with Gasteiger partial charge in [0.05, 0.1) is 17.6 Å². The molecule has 1 aromatic carbocycles. The van der Waals surface area contributed by atoms with Gasteiger partial charge in [0.25, 0.3) is 0 Å². The van der Waals surface area contributed by atoms with Gasteiger partial charge in [-0.15, -0.1) is 0 Å². The number of nitrogens with one attached hydrogen (secondary N) is 1. The van der Waals surface area contributed by atoms with Crippen LogP contribution in [0.1, 0.15) is 61.3 Å². The SMILES string of the molecule is O/N=C1\CCc2cc(Nc3c(C4CCCCC4)nc4cnccn34)ccc21. The molecule has 1 fully saturated rings. The standard InChI is InChI=1S/C21H23N5O/c27-25-18-9-6-15-12-16(7-8-17(15)18)23-21-20(14-4-2-1-3-5-14)24-19-13-22-10-11-26(19)21/h7-8,10-14,23,27H,1-6,9H2/b25-18+.